The maximum absolute atomic E-state index is 5.88. The summed E-state index contributed by atoms with van der Waals surface area (Å²) in [6.07, 6.45) is 3.93. The third-order valence-electron chi connectivity index (χ3n) is 6.25. The predicted octanol–water partition coefficient (Wildman–Crippen LogP) is 5.51. The van der Waals surface area contributed by atoms with E-state index in [0.29, 0.717) is 11.7 Å². The molecule has 3 heterocycles. The van der Waals surface area contributed by atoms with Crippen LogP contribution in [0.1, 0.15) is 30.4 Å². The number of hydrogen-bond donors (Lipinski definition) is 1. The zero-order chi connectivity index (χ0) is 24.4. The smallest absolute Gasteiger partial charge is 0.174 e. The Balaban J connectivity index is 1.60. The standard InChI is InChI=1S/C28H29N5OS/c1-4-34-23-16-14-22(15-17-23)33-27(26(30-28(33)35)24-8-5-6-18-29-24)25-9-7-19-32(25)21-12-10-20(11-13-21)31(2)3/h5-19,26-27H,4H2,1-3H3,(H,30,35). The van der Waals surface area contributed by atoms with Crippen molar-refractivity contribution in [2.24, 2.45) is 0 Å². The quantitative estimate of drug-likeness (QED) is 0.350. The molecule has 0 amide bonds. The Hall–Kier alpha value is -3.84. The van der Waals surface area contributed by atoms with E-state index < -0.39 is 0 Å². The van der Waals surface area contributed by atoms with E-state index in [1.165, 1.54) is 0 Å². The number of anilines is 2. The maximum Gasteiger partial charge on any atom is 0.174 e. The molecular weight excluding hydrogens is 454 g/mol. The van der Waals surface area contributed by atoms with Crippen LogP contribution in [0.15, 0.2) is 91.3 Å². The molecule has 178 valence electrons. The molecule has 0 aliphatic carbocycles. The lowest BCUT2D eigenvalue weighted by molar-refractivity contribution is 0.340. The Kier molecular flexibility index (Phi) is 6.42. The van der Waals surface area contributed by atoms with Crippen LogP contribution in [0.5, 0.6) is 5.75 Å². The molecular formula is C28H29N5OS. The van der Waals surface area contributed by atoms with Crippen molar-refractivity contribution in [3.63, 3.8) is 0 Å². The molecule has 2 aromatic heterocycles. The Morgan fingerprint density at radius 1 is 0.943 bits per heavy atom. The summed E-state index contributed by atoms with van der Waals surface area (Å²) in [6.45, 7) is 2.62. The molecule has 2 aromatic carbocycles. The lowest BCUT2D eigenvalue weighted by Gasteiger charge is -2.29. The van der Waals surface area contributed by atoms with E-state index in [1.807, 2.05) is 57.5 Å². The van der Waals surface area contributed by atoms with E-state index >= 15 is 0 Å². The fourth-order valence-electron chi connectivity index (χ4n) is 4.58. The molecule has 2 atom stereocenters. The van der Waals surface area contributed by atoms with Crippen molar-refractivity contribution in [1.29, 1.82) is 0 Å². The molecule has 4 aromatic rings. The van der Waals surface area contributed by atoms with Crippen molar-refractivity contribution in [3.05, 3.63) is 103 Å². The van der Waals surface area contributed by atoms with Gasteiger partial charge in [-0.3, -0.25) is 4.98 Å². The molecule has 1 aliphatic heterocycles. The molecule has 1 fully saturated rings. The number of nitrogens with zero attached hydrogens (tertiary/aromatic N) is 4. The molecule has 0 saturated carbocycles. The van der Waals surface area contributed by atoms with Crippen molar-refractivity contribution < 1.29 is 4.74 Å². The highest BCUT2D eigenvalue weighted by Gasteiger charge is 2.42. The third kappa shape index (κ3) is 4.47. The van der Waals surface area contributed by atoms with Crippen LogP contribution < -0.4 is 19.9 Å². The zero-order valence-corrected chi connectivity index (χ0v) is 20.9. The summed E-state index contributed by atoms with van der Waals surface area (Å²) in [6, 6.07) is 26.7. The predicted molar refractivity (Wildman–Crippen MR) is 146 cm³/mol. The normalized spacial score (nSPS) is 17.3. The summed E-state index contributed by atoms with van der Waals surface area (Å²) in [5, 5.41) is 4.21. The third-order valence-corrected chi connectivity index (χ3v) is 6.57. The van der Waals surface area contributed by atoms with Gasteiger partial charge >= 0.3 is 0 Å². The lowest BCUT2D eigenvalue weighted by Crippen LogP contribution is -2.30. The van der Waals surface area contributed by atoms with Gasteiger partial charge in [-0.25, -0.2) is 0 Å². The summed E-state index contributed by atoms with van der Waals surface area (Å²) in [4.78, 5) is 8.96. The molecule has 5 rings (SSSR count). The molecule has 0 spiro atoms. The van der Waals surface area contributed by atoms with Gasteiger partial charge in [0.2, 0.25) is 0 Å². The summed E-state index contributed by atoms with van der Waals surface area (Å²) < 4.78 is 7.89. The van der Waals surface area contributed by atoms with E-state index in [1.54, 1.807) is 0 Å². The topological polar surface area (TPSA) is 45.6 Å². The molecule has 6 nitrogen and oxygen atoms in total. The molecule has 0 radical (unpaired) electrons. The molecule has 7 heteroatoms. The number of hydrogen-bond acceptors (Lipinski definition) is 4. The highest BCUT2D eigenvalue weighted by Crippen LogP contribution is 2.42. The molecule has 1 aliphatic rings. The van der Waals surface area contributed by atoms with Crippen molar-refractivity contribution in [3.8, 4) is 11.4 Å². The Bertz CT molecular complexity index is 1290. The first-order valence-corrected chi connectivity index (χ1v) is 12.2. The first-order valence-electron chi connectivity index (χ1n) is 11.8. The van der Waals surface area contributed by atoms with Crippen LogP contribution in [-0.4, -0.2) is 35.4 Å². The molecule has 2 unspecified atom stereocenters. The summed E-state index contributed by atoms with van der Waals surface area (Å²) >= 11 is 5.88. The van der Waals surface area contributed by atoms with Gasteiger partial charge in [-0.1, -0.05) is 6.07 Å². The van der Waals surface area contributed by atoms with Crippen LogP contribution in [0.3, 0.4) is 0 Å². The van der Waals surface area contributed by atoms with Crippen molar-refractivity contribution >= 4 is 28.7 Å². The van der Waals surface area contributed by atoms with Crippen LogP contribution in [0, 0.1) is 0 Å². The van der Waals surface area contributed by atoms with Crippen LogP contribution >= 0.6 is 12.2 Å². The fraction of sp³-hybridized carbons (Fsp3) is 0.214. The fourth-order valence-corrected chi connectivity index (χ4v) is 4.93. The Labute approximate surface area is 211 Å². The van der Waals surface area contributed by atoms with Crippen molar-refractivity contribution in [1.82, 2.24) is 14.9 Å². The van der Waals surface area contributed by atoms with Crippen LogP contribution in [0.25, 0.3) is 5.69 Å². The second kappa shape index (κ2) is 9.80. The summed E-state index contributed by atoms with van der Waals surface area (Å²) in [7, 11) is 4.10. The minimum absolute atomic E-state index is 0.0983. The minimum Gasteiger partial charge on any atom is -0.494 e. The second-order valence-corrected chi connectivity index (χ2v) is 9.02. The van der Waals surface area contributed by atoms with Crippen LogP contribution in [-0.2, 0) is 0 Å². The zero-order valence-electron chi connectivity index (χ0n) is 20.1. The number of thiocarbonyl (C=S) groups is 1. The number of ether oxygens (including phenoxy) is 1. The lowest BCUT2D eigenvalue weighted by atomic mass is 10.0. The Morgan fingerprint density at radius 2 is 1.69 bits per heavy atom. The number of benzene rings is 2. The molecule has 1 N–H and O–H groups in total. The van der Waals surface area contributed by atoms with Gasteiger partial charge in [-0.15, -0.1) is 0 Å². The van der Waals surface area contributed by atoms with E-state index in [4.69, 9.17) is 17.0 Å². The van der Waals surface area contributed by atoms with E-state index in [-0.39, 0.29) is 12.1 Å². The molecule has 35 heavy (non-hydrogen) atoms. The first kappa shape index (κ1) is 22.9. The number of nitrogens with one attached hydrogen (secondary N) is 1. The van der Waals surface area contributed by atoms with Gasteiger partial charge in [-0.05, 0) is 91.9 Å². The average Bonchev–Trinajstić information content (AvgIpc) is 3.50. The molecule has 0 bridgehead atoms. The van der Waals surface area contributed by atoms with Gasteiger partial charge in [0.05, 0.1) is 18.3 Å². The van der Waals surface area contributed by atoms with Gasteiger partial charge in [-0.2, -0.15) is 0 Å². The monoisotopic (exact) mass is 483 g/mol. The van der Waals surface area contributed by atoms with E-state index in [9.17, 15) is 0 Å². The van der Waals surface area contributed by atoms with E-state index in [0.717, 1.165) is 34.2 Å². The highest BCUT2D eigenvalue weighted by molar-refractivity contribution is 7.80. The largest absolute Gasteiger partial charge is 0.494 e. The Morgan fingerprint density at radius 3 is 2.34 bits per heavy atom. The second-order valence-electron chi connectivity index (χ2n) is 8.64. The van der Waals surface area contributed by atoms with Crippen LogP contribution in [0.4, 0.5) is 11.4 Å². The number of aromatic nitrogens is 2. The van der Waals surface area contributed by atoms with Gasteiger partial charge < -0.3 is 24.4 Å². The number of rotatable bonds is 7. The van der Waals surface area contributed by atoms with E-state index in [2.05, 4.69) is 79.4 Å². The van der Waals surface area contributed by atoms with Gasteiger partial charge in [0, 0.05) is 49.2 Å². The SMILES string of the molecule is CCOc1ccc(N2C(=S)NC(c3ccccn3)C2c2cccn2-c2ccc(N(C)C)cc2)cc1. The summed E-state index contributed by atoms with van der Waals surface area (Å²) in [5.41, 5.74) is 5.34. The first-order chi connectivity index (χ1) is 17.1. The number of pyridine rings is 1. The average molecular weight is 484 g/mol. The van der Waals surface area contributed by atoms with Gasteiger partial charge in [0.1, 0.15) is 11.8 Å². The van der Waals surface area contributed by atoms with Crippen molar-refractivity contribution in [2.75, 3.05) is 30.5 Å². The molecule has 1 saturated heterocycles. The maximum atomic E-state index is 5.88. The summed E-state index contributed by atoms with van der Waals surface area (Å²) in [5.74, 6) is 0.844. The van der Waals surface area contributed by atoms with Gasteiger partial charge in [0.15, 0.2) is 5.11 Å². The van der Waals surface area contributed by atoms with Gasteiger partial charge in [0.25, 0.3) is 0 Å². The van der Waals surface area contributed by atoms with Crippen LogP contribution in [0.2, 0.25) is 0 Å². The van der Waals surface area contributed by atoms with Crippen molar-refractivity contribution in [2.45, 2.75) is 19.0 Å². The highest BCUT2D eigenvalue weighted by atomic mass is 32.1. The minimum atomic E-state index is -0.107.